The standard InChI is InChI=1S/C22H27N3O4/c1-14(17-9-8-16-6-4-5-7-18(16)12-17)23-15(2)22(26)24-20-11-10-19(25(27)28)13-21(20)29-3/h8-15,23H,4-7H2,1-3H3,(H,24,26)/p+1/t14-,15-/m1/s1. The van der Waals surface area contributed by atoms with Crippen LogP contribution >= 0.6 is 0 Å². The molecule has 0 fully saturated rings. The Bertz CT molecular complexity index is 913. The highest BCUT2D eigenvalue weighted by Crippen LogP contribution is 2.29. The van der Waals surface area contributed by atoms with E-state index in [1.54, 1.807) is 0 Å². The third-order valence-electron chi connectivity index (χ3n) is 5.54. The SMILES string of the molecule is COc1cc([N+](=O)[O-])ccc1NC(=O)[C@@H](C)[NH2+][C@H](C)c1ccc2c(c1)CCCC2. The maximum Gasteiger partial charge on any atom is 0.282 e. The van der Waals surface area contributed by atoms with Crippen LogP contribution in [-0.4, -0.2) is 24.0 Å². The number of ether oxygens (including phenoxy) is 1. The number of nitrogens with one attached hydrogen (secondary N) is 1. The van der Waals surface area contributed by atoms with E-state index in [2.05, 4.69) is 30.4 Å². The Kier molecular flexibility index (Phi) is 6.49. The van der Waals surface area contributed by atoms with Crippen LogP contribution in [0, 0.1) is 10.1 Å². The Morgan fingerprint density at radius 1 is 1.14 bits per heavy atom. The van der Waals surface area contributed by atoms with Gasteiger partial charge in [-0.3, -0.25) is 14.9 Å². The van der Waals surface area contributed by atoms with Crippen molar-refractivity contribution >= 4 is 17.3 Å². The number of amides is 1. The van der Waals surface area contributed by atoms with Gasteiger partial charge < -0.3 is 15.4 Å². The zero-order chi connectivity index (χ0) is 21.0. The monoisotopic (exact) mass is 398 g/mol. The number of fused-ring (bicyclic) bond motifs is 1. The van der Waals surface area contributed by atoms with Gasteiger partial charge in [0.05, 0.1) is 23.8 Å². The molecular formula is C22H28N3O4+. The number of hydrogen-bond donors (Lipinski definition) is 2. The van der Waals surface area contributed by atoms with Crippen molar-refractivity contribution in [3.05, 3.63) is 63.2 Å². The molecule has 0 unspecified atom stereocenters. The van der Waals surface area contributed by atoms with E-state index in [1.165, 1.54) is 54.8 Å². The predicted octanol–water partition coefficient (Wildman–Crippen LogP) is 3.13. The number of non-ortho nitro benzene ring substituents is 1. The number of nitrogens with two attached hydrogens (primary N) is 1. The van der Waals surface area contributed by atoms with Crippen molar-refractivity contribution in [2.75, 3.05) is 12.4 Å². The zero-order valence-corrected chi connectivity index (χ0v) is 17.1. The third kappa shape index (κ3) is 4.92. The lowest BCUT2D eigenvalue weighted by Gasteiger charge is -2.20. The molecule has 2 aromatic rings. The van der Waals surface area contributed by atoms with Crippen LogP contribution in [0.3, 0.4) is 0 Å². The first-order valence-electron chi connectivity index (χ1n) is 9.99. The van der Waals surface area contributed by atoms with Gasteiger partial charge >= 0.3 is 0 Å². The van der Waals surface area contributed by atoms with Gasteiger partial charge in [0.25, 0.3) is 11.6 Å². The smallest absolute Gasteiger partial charge is 0.282 e. The van der Waals surface area contributed by atoms with E-state index in [9.17, 15) is 14.9 Å². The van der Waals surface area contributed by atoms with E-state index in [-0.39, 0.29) is 29.4 Å². The number of quaternary nitrogens is 1. The average Bonchev–Trinajstić information content (AvgIpc) is 2.73. The largest absolute Gasteiger partial charge is 0.494 e. The molecular weight excluding hydrogens is 370 g/mol. The predicted molar refractivity (Wildman–Crippen MR) is 111 cm³/mol. The molecule has 2 atom stereocenters. The summed E-state index contributed by atoms with van der Waals surface area (Å²) in [6.45, 7) is 3.95. The second-order valence-corrected chi connectivity index (χ2v) is 7.64. The minimum absolute atomic E-state index is 0.0829. The Morgan fingerprint density at radius 2 is 1.86 bits per heavy atom. The maximum absolute atomic E-state index is 12.7. The first-order valence-corrected chi connectivity index (χ1v) is 9.99. The van der Waals surface area contributed by atoms with Crippen molar-refractivity contribution in [3.8, 4) is 5.75 Å². The van der Waals surface area contributed by atoms with Crippen LogP contribution in [0.25, 0.3) is 0 Å². The van der Waals surface area contributed by atoms with Crippen molar-refractivity contribution in [1.29, 1.82) is 0 Å². The molecule has 0 spiro atoms. The molecule has 0 radical (unpaired) electrons. The molecule has 0 saturated carbocycles. The Hall–Kier alpha value is -2.93. The maximum atomic E-state index is 12.7. The summed E-state index contributed by atoms with van der Waals surface area (Å²) in [6.07, 6.45) is 4.79. The lowest BCUT2D eigenvalue weighted by molar-refractivity contribution is -0.709. The van der Waals surface area contributed by atoms with Crippen LogP contribution in [0.15, 0.2) is 36.4 Å². The Labute approximate surface area is 170 Å². The van der Waals surface area contributed by atoms with E-state index in [1.807, 2.05) is 12.2 Å². The number of nitrogens with zero attached hydrogens (tertiary/aromatic N) is 1. The number of nitro groups is 1. The van der Waals surface area contributed by atoms with E-state index in [0.29, 0.717) is 5.69 Å². The Morgan fingerprint density at radius 3 is 2.55 bits per heavy atom. The number of carbonyl (C=O) groups is 1. The zero-order valence-electron chi connectivity index (χ0n) is 17.1. The van der Waals surface area contributed by atoms with E-state index < -0.39 is 4.92 Å². The number of nitro benzene ring substituents is 1. The summed E-state index contributed by atoms with van der Waals surface area (Å²) < 4.78 is 5.19. The van der Waals surface area contributed by atoms with Gasteiger partial charge in [0.15, 0.2) is 6.04 Å². The molecule has 0 heterocycles. The van der Waals surface area contributed by atoms with Crippen LogP contribution in [0.4, 0.5) is 11.4 Å². The summed E-state index contributed by atoms with van der Waals surface area (Å²) in [5.74, 6) is 0.0875. The van der Waals surface area contributed by atoms with Gasteiger partial charge in [0.1, 0.15) is 11.8 Å². The number of benzene rings is 2. The minimum Gasteiger partial charge on any atom is -0.494 e. The summed E-state index contributed by atoms with van der Waals surface area (Å²) >= 11 is 0. The highest BCUT2D eigenvalue weighted by atomic mass is 16.6. The lowest BCUT2D eigenvalue weighted by atomic mass is 9.89. The highest BCUT2D eigenvalue weighted by Gasteiger charge is 2.23. The fraction of sp³-hybridized carbons (Fsp3) is 0.409. The van der Waals surface area contributed by atoms with Gasteiger partial charge in [0.2, 0.25) is 0 Å². The van der Waals surface area contributed by atoms with E-state index >= 15 is 0 Å². The lowest BCUT2D eigenvalue weighted by Crippen LogP contribution is -2.91. The van der Waals surface area contributed by atoms with Crippen LogP contribution in [0.5, 0.6) is 5.75 Å². The van der Waals surface area contributed by atoms with Crippen molar-refractivity contribution < 1.29 is 19.8 Å². The first-order chi connectivity index (χ1) is 13.9. The average molecular weight is 398 g/mol. The number of rotatable bonds is 7. The van der Waals surface area contributed by atoms with Crippen LogP contribution in [0.1, 0.15) is 49.4 Å². The number of anilines is 1. The topological polar surface area (TPSA) is 98.1 Å². The summed E-state index contributed by atoms with van der Waals surface area (Å²) in [5, 5.41) is 15.8. The molecule has 3 rings (SSSR count). The van der Waals surface area contributed by atoms with Crippen molar-refractivity contribution in [2.45, 2.75) is 51.6 Å². The molecule has 0 saturated heterocycles. The van der Waals surface area contributed by atoms with Crippen molar-refractivity contribution in [2.24, 2.45) is 0 Å². The van der Waals surface area contributed by atoms with Crippen LogP contribution in [-0.2, 0) is 17.6 Å². The van der Waals surface area contributed by atoms with Gasteiger partial charge in [-0.15, -0.1) is 0 Å². The summed E-state index contributed by atoms with van der Waals surface area (Å²) in [5.41, 5.74) is 4.44. The number of hydrogen-bond acceptors (Lipinski definition) is 4. The van der Waals surface area contributed by atoms with Gasteiger partial charge in [-0.05, 0) is 62.8 Å². The number of methoxy groups -OCH3 is 1. The molecule has 29 heavy (non-hydrogen) atoms. The molecule has 2 aromatic carbocycles. The molecule has 1 aliphatic rings. The van der Waals surface area contributed by atoms with Crippen molar-refractivity contribution in [3.63, 3.8) is 0 Å². The summed E-state index contributed by atoms with van der Waals surface area (Å²) in [4.78, 5) is 23.1. The molecule has 154 valence electrons. The first kappa shape index (κ1) is 20.8. The number of aryl methyl sites for hydroxylation is 2. The van der Waals surface area contributed by atoms with E-state index in [0.717, 1.165) is 12.8 Å². The fourth-order valence-electron chi connectivity index (χ4n) is 3.81. The number of carbonyl (C=O) groups excluding carboxylic acids is 1. The summed E-state index contributed by atoms with van der Waals surface area (Å²) in [6, 6.07) is 10.6. The normalized spacial score (nSPS) is 15.1. The van der Waals surface area contributed by atoms with Gasteiger partial charge in [0, 0.05) is 11.6 Å². The molecule has 0 aromatic heterocycles. The second kappa shape index (κ2) is 9.05. The molecule has 0 aliphatic heterocycles. The molecule has 1 amide bonds. The molecule has 0 bridgehead atoms. The molecule has 3 N–H and O–H groups in total. The van der Waals surface area contributed by atoms with Gasteiger partial charge in [-0.2, -0.15) is 0 Å². The fourth-order valence-corrected chi connectivity index (χ4v) is 3.81. The summed E-state index contributed by atoms with van der Waals surface area (Å²) in [7, 11) is 1.42. The van der Waals surface area contributed by atoms with Gasteiger partial charge in [-0.25, -0.2) is 0 Å². The van der Waals surface area contributed by atoms with Crippen LogP contribution < -0.4 is 15.4 Å². The third-order valence-corrected chi connectivity index (χ3v) is 5.54. The Balaban J connectivity index is 1.65. The van der Waals surface area contributed by atoms with Crippen LogP contribution in [0.2, 0.25) is 0 Å². The quantitative estimate of drug-likeness (QED) is 0.553. The molecule has 1 aliphatic carbocycles. The minimum atomic E-state index is -0.495. The van der Waals surface area contributed by atoms with Gasteiger partial charge in [-0.1, -0.05) is 12.1 Å². The highest BCUT2D eigenvalue weighted by molar-refractivity contribution is 5.95. The second-order valence-electron chi connectivity index (χ2n) is 7.64. The van der Waals surface area contributed by atoms with Crippen molar-refractivity contribution in [1.82, 2.24) is 0 Å². The van der Waals surface area contributed by atoms with E-state index in [4.69, 9.17) is 4.74 Å². The molecule has 7 nitrogen and oxygen atoms in total. The molecule has 7 heteroatoms.